The molecule has 0 saturated heterocycles. The van der Waals surface area contributed by atoms with Gasteiger partial charge in [-0.2, -0.15) is 0 Å². The molecule has 0 heterocycles. The van der Waals surface area contributed by atoms with Gasteiger partial charge in [0.25, 0.3) is 0 Å². The predicted octanol–water partition coefficient (Wildman–Crippen LogP) is 3.54. The highest BCUT2D eigenvalue weighted by atomic mass is 79.9. The molecule has 0 N–H and O–H groups in total. The lowest BCUT2D eigenvalue weighted by Gasteiger charge is -1.97. The van der Waals surface area contributed by atoms with Gasteiger partial charge in [-0.3, -0.25) is 0 Å². The van der Waals surface area contributed by atoms with Gasteiger partial charge < -0.3 is 0 Å². The molecule has 0 radical (unpaired) electrons. The molecule has 0 bridgehead atoms. The standard InChI is InChI=1S/C9H8BrCl/c10-7-3-1-2-6(4-7)8-5-9(8)11/h1-4,8-9H,5H2. The molecule has 11 heavy (non-hydrogen) atoms. The van der Waals surface area contributed by atoms with E-state index in [1.54, 1.807) is 0 Å². The third kappa shape index (κ3) is 1.60. The minimum absolute atomic E-state index is 0.379. The fourth-order valence-electron chi connectivity index (χ4n) is 1.25. The van der Waals surface area contributed by atoms with Crippen LogP contribution in [0.4, 0.5) is 0 Å². The van der Waals surface area contributed by atoms with Crippen molar-refractivity contribution < 1.29 is 0 Å². The Hall–Kier alpha value is -0.0100. The molecule has 1 aliphatic rings. The normalized spacial score (nSPS) is 28.5. The molecule has 1 aromatic rings. The van der Waals surface area contributed by atoms with E-state index in [1.165, 1.54) is 5.56 Å². The maximum atomic E-state index is 5.92. The topological polar surface area (TPSA) is 0 Å². The van der Waals surface area contributed by atoms with Gasteiger partial charge in [-0.15, -0.1) is 11.6 Å². The molecule has 1 saturated carbocycles. The lowest BCUT2D eigenvalue weighted by Crippen LogP contribution is -1.80. The van der Waals surface area contributed by atoms with E-state index in [0.717, 1.165) is 10.9 Å². The van der Waals surface area contributed by atoms with Crippen LogP contribution in [-0.4, -0.2) is 5.38 Å². The van der Waals surface area contributed by atoms with Crippen LogP contribution in [0.5, 0.6) is 0 Å². The van der Waals surface area contributed by atoms with Crippen molar-refractivity contribution in [3.05, 3.63) is 34.3 Å². The number of rotatable bonds is 1. The summed E-state index contributed by atoms with van der Waals surface area (Å²) >= 11 is 9.36. The first-order valence-electron chi connectivity index (χ1n) is 3.67. The van der Waals surface area contributed by atoms with Crippen LogP contribution in [0.2, 0.25) is 0 Å². The first kappa shape index (κ1) is 7.63. The number of alkyl halides is 1. The van der Waals surface area contributed by atoms with Crippen LogP contribution in [0.25, 0.3) is 0 Å². The molecule has 0 nitrogen and oxygen atoms in total. The highest BCUT2D eigenvalue weighted by Crippen LogP contribution is 2.45. The lowest BCUT2D eigenvalue weighted by atomic mass is 10.1. The van der Waals surface area contributed by atoms with Crippen molar-refractivity contribution in [1.29, 1.82) is 0 Å². The Bertz CT molecular complexity index is 272. The highest BCUT2D eigenvalue weighted by Gasteiger charge is 2.36. The van der Waals surface area contributed by atoms with E-state index < -0.39 is 0 Å². The first-order chi connectivity index (χ1) is 5.27. The molecule has 0 spiro atoms. The van der Waals surface area contributed by atoms with E-state index in [0.29, 0.717) is 11.3 Å². The number of halogens is 2. The monoisotopic (exact) mass is 230 g/mol. The van der Waals surface area contributed by atoms with Crippen LogP contribution >= 0.6 is 27.5 Å². The Labute approximate surface area is 79.7 Å². The smallest absolute Gasteiger partial charge is 0.0411 e. The summed E-state index contributed by atoms with van der Waals surface area (Å²) in [6, 6.07) is 8.38. The van der Waals surface area contributed by atoms with E-state index >= 15 is 0 Å². The molecule has 0 aliphatic heterocycles. The summed E-state index contributed by atoms with van der Waals surface area (Å²) in [6.07, 6.45) is 1.14. The zero-order valence-corrected chi connectivity index (χ0v) is 8.27. The maximum absolute atomic E-state index is 5.92. The largest absolute Gasteiger partial charge is 0.122 e. The van der Waals surface area contributed by atoms with E-state index in [1.807, 2.05) is 6.07 Å². The Morgan fingerprint density at radius 3 is 2.73 bits per heavy atom. The van der Waals surface area contributed by atoms with Gasteiger partial charge in [-0.1, -0.05) is 28.1 Å². The summed E-state index contributed by atoms with van der Waals surface area (Å²) in [5.41, 5.74) is 1.36. The number of hydrogen-bond acceptors (Lipinski definition) is 0. The number of hydrogen-bond donors (Lipinski definition) is 0. The van der Waals surface area contributed by atoms with Crippen molar-refractivity contribution >= 4 is 27.5 Å². The van der Waals surface area contributed by atoms with Crippen LogP contribution in [0.3, 0.4) is 0 Å². The third-order valence-corrected chi connectivity index (χ3v) is 2.96. The lowest BCUT2D eigenvalue weighted by molar-refractivity contribution is 1.13. The van der Waals surface area contributed by atoms with Crippen LogP contribution in [0.1, 0.15) is 17.9 Å². The summed E-state index contributed by atoms with van der Waals surface area (Å²) in [5, 5.41) is 0.379. The van der Waals surface area contributed by atoms with Crippen molar-refractivity contribution in [2.45, 2.75) is 17.7 Å². The van der Waals surface area contributed by atoms with E-state index in [4.69, 9.17) is 11.6 Å². The zero-order chi connectivity index (χ0) is 7.84. The summed E-state index contributed by atoms with van der Waals surface area (Å²) in [6.45, 7) is 0. The summed E-state index contributed by atoms with van der Waals surface area (Å²) in [7, 11) is 0. The van der Waals surface area contributed by atoms with E-state index in [9.17, 15) is 0 Å². The average molecular weight is 232 g/mol. The van der Waals surface area contributed by atoms with Crippen molar-refractivity contribution in [1.82, 2.24) is 0 Å². The Balaban J connectivity index is 2.25. The highest BCUT2D eigenvalue weighted by molar-refractivity contribution is 9.10. The van der Waals surface area contributed by atoms with Crippen LogP contribution in [0.15, 0.2) is 28.7 Å². The minimum atomic E-state index is 0.379. The van der Waals surface area contributed by atoms with Crippen molar-refractivity contribution in [3.63, 3.8) is 0 Å². The molecule has 58 valence electrons. The molecule has 2 rings (SSSR count). The third-order valence-electron chi connectivity index (χ3n) is 1.99. The molecule has 2 atom stereocenters. The van der Waals surface area contributed by atoms with Crippen molar-refractivity contribution in [2.24, 2.45) is 0 Å². The molecule has 1 aliphatic carbocycles. The van der Waals surface area contributed by atoms with Gasteiger partial charge in [0.05, 0.1) is 0 Å². The van der Waals surface area contributed by atoms with Crippen molar-refractivity contribution in [3.8, 4) is 0 Å². The number of benzene rings is 1. The molecule has 1 aromatic carbocycles. The fraction of sp³-hybridized carbons (Fsp3) is 0.333. The second kappa shape index (κ2) is 2.80. The fourth-order valence-corrected chi connectivity index (χ4v) is 2.00. The minimum Gasteiger partial charge on any atom is -0.122 e. The molecular weight excluding hydrogens is 223 g/mol. The Kier molecular flexibility index (Phi) is 1.94. The molecule has 0 amide bonds. The Morgan fingerprint density at radius 2 is 2.18 bits per heavy atom. The van der Waals surface area contributed by atoms with Gasteiger partial charge in [0, 0.05) is 15.8 Å². The predicted molar refractivity (Wildman–Crippen MR) is 51.1 cm³/mol. The second-order valence-electron chi connectivity index (χ2n) is 2.91. The second-order valence-corrected chi connectivity index (χ2v) is 4.39. The molecule has 2 heteroatoms. The van der Waals surface area contributed by atoms with Gasteiger partial charge in [0.2, 0.25) is 0 Å². The van der Waals surface area contributed by atoms with E-state index in [2.05, 4.69) is 34.1 Å². The van der Waals surface area contributed by atoms with Gasteiger partial charge in [0.15, 0.2) is 0 Å². The Morgan fingerprint density at radius 1 is 1.45 bits per heavy atom. The first-order valence-corrected chi connectivity index (χ1v) is 4.90. The van der Waals surface area contributed by atoms with Gasteiger partial charge in [0.1, 0.15) is 0 Å². The summed E-state index contributed by atoms with van der Waals surface area (Å²) in [5.74, 6) is 0.606. The van der Waals surface area contributed by atoms with Crippen LogP contribution in [0, 0.1) is 0 Å². The van der Waals surface area contributed by atoms with E-state index in [-0.39, 0.29) is 0 Å². The molecular formula is C9H8BrCl. The van der Waals surface area contributed by atoms with Gasteiger partial charge in [-0.25, -0.2) is 0 Å². The average Bonchev–Trinajstić information content (AvgIpc) is 2.67. The molecule has 2 unspecified atom stereocenters. The van der Waals surface area contributed by atoms with Gasteiger partial charge in [-0.05, 0) is 24.1 Å². The van der Waals surface area contributed by atoms with Crippen molar-refractivity contribution in [2.75, 3.05) is 0 Å². The van der Waals surface area contributed by atoms with Crippen LogP contribution in [-0.2, 0) is 0 Å². The zero-order valence-electron chi connectivity index (χ0n) is 5.93. The molecule has 1 fully saturated rings. The quantitative estimate of drug-likeness (QED) is 0.649. The van der Waals surface area contributed by atoms with Crippen LogP contribution < -0.4 is 0 Å². The SMILES string of the molecule is ClC1CC1c1cccc(Br)c1. The summed E-state index contributed by atoms with van der Waals surface area (Å²) in [4.78, 5) is 0. The molecule has 0 aromatic heterocycles. The van der Waals surface area contributed by atoms with Gasteiger partial charge >= 0.3 is 0 Å². The maximum Gasteiger partial charge on any atom is 0.0411 e. The summed E-state index contributed by atoms with van der Waals surface area (Å²) < 4.78 is 1.14.